The molecule has 18 heavy (non-hydrogen) atoms. The molecule has 0 saturated carbocycles. The second-order valence-electron chi connectivity index (χ2n) is 5.31. The van der Waals surface area contributed by atoms with Gasteiger partial charge < -0.3 is 10.0 Å². The quantitative estimate of drug-likeness (QED) is 0.686. The molecule has 7 heteroatoms. The average Bonchev–Trinajstić information content (AvgIpc) is 2.27. The molecule has 6 nitrogen and oxygen atoms in total. The monoisotopic (exact) mass is 279 g/mol. The first-order valence-corrected chi connectivity index (χ1v) is 7.82. The van der Waals surface area contributed by atoms with E-state index < -0.39 is 10.2 Å². The van der Waals surface area contributed by atoms with Gasteiger partial charge in [-0.05, 0) is 39.8 Å². The van der Waals surface area contributed by atoms with Crippen molar-refractivity contribution in [3.8, 4) is 0 Å². The van der Waals surface area contributed by atoms with Gasteiger partial charge >= 0.3 is 0 Å². The summed E-state index contributed by atoms with van der Waals surface area (Å²) in [6.07, 6.45) is 1.47. The third-order valence-electron chi connectivity index (χ3n) is 3.16. The van der Waals surface area contributed by atoms with E-state index in [0.717, 1.165) is 12.8 Å². The molecular formula is C11H25N3O3S. The summed E-state index contributed by atoms with van der Waals surface area (Å²) in [5.74, 6) is 0.246. The highest BCUT2D eigenvalue weighted by Crippen LogP contribution is 2.18. The number of nitrogens with zero attached hydrogens (tertiary/aromatic N) is 2. The normalized spacial score (nSPS) is 21.4. The van der Waals surface area contributed by atoms with Gasteiger partial charge in [0.1, 0.15) is 0 Å². The number of aliphatic hydroxyl groups is 1. The van der Waals surface area contributed by atoms with Gasteiger partial charge in [-0.1, -0.05) is 0 Å². The van der Waals surface area contributed by atoms with Crippen LogP contribution in [0.15, 0.2) is 0 Å². The second-order valence-corrected chi connectivity index (χ2v) is 7.01. The van der Waals surface area contributed by atoms with E-state index in [0.29, 0.717) is 19.6 Å². The molecule has 0 aromatic rings. The minimum Gasteiger partial charge on any atom is -0.396 e. The maximum atomic E-state index is 12.1. The van der Waals surface area contributed by atoms with Crippen molar-refractivity contribution in [3.05, 3.63) is 0 Å². The molecule has 2 N–H and O–H groups in total. The van der Waals surface area contributed by atoms with E-state index >= 15 is 0 Å². The number of hydrogen-bond donors (Lipinski definition) is 2. The van der Waals surface area contributed by atoms with Gasteiger partial charge in [-0.2, -0.15) is 17.4 Å². The topological polar surface area (TPSA) is 72.9 Å². The zero-order chi connectivity index (χ0) is 13.8. The van der Waals surface area contributed by atoms with Gasteiger partial charge in [-0.25, -0.2) is 0 Å². The molecule has 1 atom stereocenters. The molecule has 0 aliphatic carbocycles. The molecule has 1 unspecified atom stereocenters. The lowest BCUT2D eigenvalue weighted by atomic mass is 10.00. The van der Waals surface area contributed by atoms with Gasteiger partial charge in [0.15, 0.2) is 0 Å². The SMILES string of the molecule is CC(CN(C)C)NS(=O)(=O)N1CCC(CO)CC1. The first kappa shape index (κ1) is 15.8. The van der Waals surface area contributed by atoms with Crippen molar-refractivity contribution in [1.82, 2.24) is 13.9 Å². The Bertz CT molecular complexity index is 337. The Morgan fingerprint density at radius 1 is 1.39 bits per heavy atom. The third kappa shape index (κ3) is 4.81. The van der Waals surface area contributed by atoms with Crippen LogP contribution in [0, 0.1) is 5.92 Å². The molecule has 1 fully saturated rings. The number of hydrogen-bond acceptors (Lipinski definition) is 4. The van der Waals surface area contributed by atoms with E-state index in [1.54, 1.807) is 0 Å². The Kier molecular flexibility index (Phi) is 6.00. The highest BCUT2D eigenvalue weighted by atomic mass is 32.2. The Morgan fingerprint density at radius 2 is 1.94 bits per heavy atom. The maximum Gasteiger partial charge on any atom is 0.279 e. The molecule has 1 aliphatic heterocycles. The minimum atomic E-state index is -3.38. The smallest absolute Gasteiger partial charge is 0.279 e. The summed E-state index contributed by atoms with van der Waals surface area (Å²) in [7, 11) is 0.444. The lowest BCUT2D eigenvalue weighted by Gasteiger charge is -2.31. The van der Waals surface area contributed by atoms with E-state index in [2.05, 4.69) is 4.72 Å². The van der Waals surface area contributed by atoms with Crippen LogP contribution in [0.2, 0.25) is 0 Å². The molecule has 0 bridgehead atoms. The van der Waals surface area contributed by atoms with E-state index in [1.165, 1.54) is 4.31 Å². The van der Waals surface area contributed by atoms with Crippen LogP contribution in [-0.2, 0) is 10.2 Å². The fraction of sp³-hybridized carbons (Fsp3) is 1.00. The van der Waals surface area contributed by atoms with Crippen molar-refractivity contribution < 1.29 is 13.5 Å². The summed E-state index contributed by atoms with van der Waals surface area (Å²) < 4.78 is 28.4. The van der Waals surface area contributed by atoms with Crippen molar-refractivity contribution in [2.24, 2.45) is 5.92 Å². The molecule has 1 aliphatic rings. The first-order chi connectivity index (χ1) is 8.35. The molecule has 1 saturated heterocycles. The highest BCUT2D eigenvalue weighted by molar-refractivity contribution is 7.87. The van der Waals surface area contributed by atoms with Crippen molar-refractivity contribution in [2.75, 3.05) is 40.3 Å². The third-order valence-corrected chi connectivity index (χ3v) is 4.91. The van der Waals surface area contributed by atoms with Crippen LogP contribution in [0.4, 0.5) is 0 Å². The number of nitrogens with one attached hydrogen (secondary N) is 1. The summed E-state index contributed by atoms with van der Waals surface area (Å²) >= 11 is 0. The van der Waals surface area contributed by atoms with Crippen molar-refractivity contribution in [1.29, 1.82) is 0 Å². The summed E-state index contributed by atoms with van der Waals surface area (Å²) in [6, 6.07) is -0.111. The Hall–Kier alpha value is -0.210. The number of rotatable bonds is 6. The van der Waals surface area contributed by atoms with Crippen LogP contribution in [0.25, 0.3) is 0 Å². The van der Waals surface area contributed by atoms with Crippen LogP contribution in [0.3, 0.4) is 0 Å². The number of aliphatic hydroxyl groups excluding tert-OH is 1. The zero-order valence-corrected chi connectivity index (χ0v) is 12.3. The van der Waals surface area contributed by atoms with Gasteiger partial charge in [-0.15, -0.1) is 0 Å². The van der Waals surface area contributed by atoms with Crippen LogP contribution in [0.5, 0.6) is 0 Å². The van der Waals surface area contributed by atoms with Crippen LogP contribution >= 0.6 is 0 Å². The fourth-order valence-corrected chi connectivity index (χ4v) is 3.67. The van der Waals surface area contributed by atoms with E-state index in [4.69, 9.17) is 5.11 Å². The molecular weight excluding hydrogens is 254 g/mol. The average molecular weight is 279 g/mol. The maximum absolute atomic E-state index is 12.1. The second kappa shape index (κ2) is 6.81. The molecule has 0 radical (unpaired) electrons. The van der Waals surface area contributed by atoms with Gasteiger partial charge in [0.25, 0.3) is 10.2 Å². The van der Waals surface area contributed by atoms with Gasteiger partial charge in [0, 0.05) is 32.3 Å². The van der Waals surface area contributed by atoms with Crippen molar-refractivity contribution in [2.45, 2.75) is 25.8 Å². The summed E-state index contributed by atoms with van der Waals surface area (Å²) in [5.41, 5.74) is 0. The van der Waals surface area contributed by atoms with Gasteiger partial charge in [-0.3, -0.25) is 0 Å². The largest absolute Gasteiger partial charge is 0.396 e. The summed E-state index contributed by atoms with van der Waals surface area (Å²) in [5, 5.41) is 9.04. The molecule has 1 rings (SSSR count). The summed E-state index contributed by atoms with van der Waals surface area (Å²) in [6.45, 7) is 3.67. The fourth-order valence-electron chi connectivity index (χ4n) is 2.25. The zero-order valence-electron chi connectivity index (χ0n) is 11.5. The first-order valence-electron chi connectivity index (χ1n) is 6.38. The predicted octanol–water partition coefficient (Wildman–Crippen LogP) is -0.525. The molecule has 108 valence electrons. The van der Waals surface area contributed by atoms with Gasteiger partial charge in [0.2, 0.25) is 0 Å². The molecule has 0 aromatic heterocycles. The highest BCUT2D eigenvalue weighted by Gasteiger charge is 2.28. The van der Waals surface area contributed by atoms with E-state index in [9.17, 15) is 8.42 Å². The molecule has 0 spiro atoms. The van der Waals surface area contributed by atoms with Crippen molar-refractivity contribution >= 4 is 10.2 Å². The van der Waals surface area contributed by atoms with E-state index in [-0.39, 0.29) is 18.6 Å². The lowest BCUT2D eigenvalue weighted by molar-refractivity contribution is 0.169. The Balaban J connectivity index is 2.49. The lowest BCUT2D eigenvalue weighted by Crippen LogP contribution is -2.49. The summed E-state index contributed by atoms with van der Waals surface area (Å²) in [4.78, 5) is 1.95. The standard InChI is InChI=1S/C11H25N3O3S/c1-10(8-13(2)3)12-18(16,17)14-6-4-11(9-15)5-7-14/h10-12,15H,4-9H2,1-3H3. The molecule has 0 amide bonds. The van der Waals surface area contributed by atoms with Crippen molar-refractivity contribution in [3.63, 3.8) is 0 Å². The molecule has 0 aromatic carbocycles. The van der Waals surface area contributed by atoms with Crippen LogP contribution in [0.1, 0.15) is 19.8 Å². The Morgan fingerprint density at radius 3 is 2.39 bits per heavy atom. The Labute approximate surface area is 110 Å². The van der Waals surface area contributed by atoms with Crippen LogP contribution in [-0.4, -0.2) is 69.1 Å². The molecule has 1 heterocycles. The van der Waals surface area contributed by atoms with Gasteiger partial charge in [0.05, 0.1) is 0 Å². The minimum absolute atomic E-state index is 0.111. The number of piperidine rings is 1. The number of likely N-dealkylation sites (N-methyl/N-ethyl adjacent to an activating group) is 1. The van der Waals surface area contributed by atoms with E-state index in [1.807, 2.05) is 25.9 Å². The predicted molar refractivity (Wildman–Crippen MR) is 71.5 cm³/mol. The van der Waals surface area contributed by atoms with Crippen LogP contribution < -0.4 is 4.72 Å².